The summed E-state index contributed by atoms with van der Waals surface area (Å²) in [5, 5.41) is 0. The molecule has 19 heavy (non-hydrogen) atoms. The molecule has 0 heterocycles. The molecule has 0 radical (unpaired) electrons. The number of hydrogen-bond donors (Lipinski definition) is 1. The quantitative estimate of drug-likeness (QED) is 0.908. The van der Waals surface area contributed by atoms with Crippen LogP contribution < -0.4 is 10.6 Å². The van der Waals surface area contributed by atoms with Crippen LogP contribution in [0.1, 0.15) is 36.8 Å². The third kappa shape index (κ3) is 2.66. The highest BCUT2D eigenvalue weighted by Gasteiger charge is 2.41. The highest BCUT2D eigenvalue weighted by atomic mass is 16.2. The van der Waals surface area contributed by atoms with E-state index in [-0.39, 0.29) is 11.3 Å². The minimum Gasteiger partial charge on any atom is -0.329 e. The summed E-state index contributed by atoms with van der Waals surface area (Å²) < 4.78 is 0. The van der Waals surface area contributed by atoms with E-state index in [9.17, 15) is 4.79 Å². The predicted octanol–water partition coefficient (Wildman–Crippen LogP) is 2.79. The van der Waals surface area contributed by atoms with Gasteiger partial charge in [0, 0.05) is 19.3 Å². The summed E-state index contributed by atoms with van der Waals surface area (Å²) >= 11 is 0. The van der Waals surface area contributed by atoms with Crippen molar-refractivity contribution in [3.63, 3.8) is 0 Å². The van der Waals surface area contributed by atoms with Crippen molar-refractivity contribution >= 4 is 11.6 Å². The molecule has 0 aromatic heterocycles. The van der Waals surface area contributed by atoms with E-state index in [0.29, 0.717) is 6.54 Å². The number of carbonyl (C=O) groups excluding carboxylic acids is 1. The Kier molecular flexibility index (Phi) is 3.95. The Balaban J connectivity index is 2.27. The Labute approximate surface area is 115 Å². The molecule has 1 aromatic carbocycles. The van der Waals surface area contributed by atoms with E-state index in [0.717, 1.165) is 31.4 Å². The smallest absolute Gasteiger partial charge is 0.234 e. The zero-order valence-electron chi connectivity index (χ0n) is 12.2. The van der Waals surface area contributed by atoms with Gasteiger partial charge in [0.2, 0.25) is 5.91 Å². The molecule has 2 N–H and O–H groups in total. The first-order valence-electron chi connectivity index (χ1n) is 7.05. The molecule has 1 aromatic rings. The van der Waals surface area contributed by atoms with Gasteiger partial charge in [-0.3, -0.25) is 4.79 Å². The van der Waals surface area contributed by atoms with Crippen molar-refractivity contribution in [3.8, 4) is 0 Å². The highest BCUT2D eigenvalue weighted by molar-refractivity contribution is 5.97. The molecule has 1 fully saturated rings. The first kappa shape index (κ1) is 14.1. The molecule has 0 unspecified atom stereocenters. The van der Waals surface area contributed by atoms with E-state index < -0.39 is 0 Å². The molecule has 0 aliphatic heterocycles. The molecule has 0 saturated heterocycles. The van der Waals surface area contributed by atoms with Crippen molar-refractivity contribution in [1.29, 1.82) is 0 Å². The highest BCUT2D eigenvalue weighted by Crippen LogP contribution is 2.39. The summed E-state index contributed by atoms with van der Waals surface area (Å²) in [6, 6.07) is 6.24. The van der Waals surface area contributed by atoms with Gasteiger partial charge < -0.3 is 10.6 Å². The van der Waals surface area contributed by atoms with Gasteiger partial charge in [0.05, 0.1) is 5.41 Å². The van der Waals surface area contributed by atoms with E-state index in [4.69, 9.17) is 5.73 Å². The van der Waals surface area contributed by atoms with Crippen LogP contribution in [0, 0.1) is 19.3 Å². The molecule has 3 heteroatoms. The van der Waals surface area contributed by atoms with Crippen LogP contribution in [0.2, 0.25) is 0 Å². The van der Waals surface area contributed by atoms with Gasteiger partial charge in [-0.2, -0.15) is 0 Å². The van der Waals surface area contributed by atoms with Crippen LogP contribution in [0.25, 0.3) is 0 Å². The van der Waals surface area contributed by atoms with E-state index in [1.165, 1.54) is 11.1 Å². The molecule has 1 aliphatic rings. The first-order valence-corrected chi connectivity index (χ1v) is 7.05. The largest absolute Gasteiger partial charge is 0.329 e. The van der Waals surface area contributed by atoms with Gasteiger partial charge in [0.15, 0.2) is 0 Å². The third-order valence-electron chi connectivity index (χ3n) is 4.30. The molecule has 3 nitrogen and oxygen atoms in total. The Morgan fingerprint density at radius 1 is 1.21 bits per heavy atom. The SMILES string of the molecule is Cc1cc(C)cc(N(C)C(=O)C2(CN)CCCC2)c1. The normalized spacial score (nSPS) is 17.5. The number of benzene rings is 1. The van der Waals surface area contributed by atoms with Crippen molar-refractivity contribution < 1.29 is 4.79 Å². The molecule has 1 saturated carbocycles. The molecule has 0 spiro atoms. The Morgan fingerprint density at radius 3 is 2.21 bits per heavy atom. The average molecular weight is 260 g/mol. The van der Waals surface area contributed by atoms with Gasteiger partial charge in [-0.15, -0.1) is 0 Å². The first-order chi connectivity index (χ1) is 8.98. The van der Waals surface area contributed by atoms with Gasteiger partial charge in [-0.25, -0.2) is 0 Å². The molecule has 1 amide bonds. The molecular weight excluding hydrogens is 236 g/mol. The predicted molar refractivity (Wildman–Crippen MR) is 79.3 cm³/mol. The van der Waals surface area contributed by atoms with Crippen LogP contribution in [0.4, 0.5) is 5.69 Å². The number of aryl methyl sites for hydroxylation is 2. The summed E-state index contributed by atoms with van der Waals surface area (Å²) in [4.78, 5) is 14.6. The number of hydrogen-bond acceptors (Lipinski definition) is 2. The van der Waals surface area contributed by atoms with Gasteiger partial charge in [0.25, 0.3) is 0 Å². The zero-order chi connectivity index (χ0) is 14.0. The standard InChI is InChI=1S/C16H24N2O/c1-12-8-13(2)10-14(9-12)18(3)15(19)16(11-17)6-4-5-7-16/h8-10H,4-7,11,17H2,1-3H3. The maximum atomic E-state index is 12.8. The van der Waals surface area contributed by atoms with Gasteiger partial charge in [-0.1, -0.05) is 18.9 Å². The molecule has 0 atom stereocenters. The molecule has 0 bridgehead atoms. The Bertz CT molecular complexity index is 455. The second-order valence-corrected chi connectivity index (χ2v) is 5.90. The van der Waals surface area contributed by atoms with Crippen LogP contribution >= 0.6 is 0 Å². The molecule has 104 valence electrons. The van der Waals surface area contributed by atoms with E-state index in [1.54, 1.807) is 4.90 Å². The lowest BCUT2D eigenvalue weighted by molar-refractivity contribution is -0.127. The Hall–Kier alpha value is -1.35. The Morgan fingerprint density at radius 2 is 1.74 bits per heavy atom. The topological polar surface area (TPSA) is 46.3 Å². The molecule has 2 rings (SSSR count). The monoisotopic (exact) mass is 260 g/mol. The fourth-order valence-corrected chi connectivity index (χ4v) is 3.17. The van der Waals surface area contributed by atoms with E-state index >= 15 is 0 Å². The number of nitrogens with two attached hydrogens (primary N) is 1. The van der Waals surface area contributed by atoms with Gasteiger partial charge in [-0.05, 0) is 49.9 Å². The lowest BCUT2D eigenvalue weighted by atomic mass is 9.84. The van der Waals surface area contributed by atoms with Crippen molar-refractivity contribution in [2.75, 3.05) is 18.5 Å². The lowest BCUT2D eigenvalue weighted by Gasteiger charge is -2.31. The van der Waals surface area contributed by atoms with Crippen LogP contribution in [0.3, 0.4) is 0 Å². The number of rotatable bonds is 3. The van der Waals surface area contributed by atoms with Gasteiger partial charge >= 0.3 is 0 Å². The number of anilines is 1. The third-order valence-corrected chi connectivity index (χ3v) is 4.30. The summed E-state index contributed by atoms with van der Waals surface area (Å²) in [5.74, 6) is 0.178. The van der Waals surface area contributed by atoms with Crippen LogP contribution in [0.15, 0.2) is 18.2 Å². The fourth-order valence-electron chi connectivity index (χ4n) is 3.17. The van der Waals surface area contributed by atoms with Crippen molar-refractivity contribution in [2.45, 2.75) is 39.5 Å². The van der Waals surface area contributed by atoms with E-state index in [1.807, 2.05) is 7.05 Å². The molecular formula is C16H24N2O. The van der Waals surface area contributed by atoms with Crippen molar-refractivity contribution in [3.05, 3.63) is 29.3 Å². The van der Waals surface area contributed by atoms with Crippen molar-refractivity contribution in [1.82, 2.24) is 0 Å². The van der Waals surface area contributed by atoms with Crippen LogP contribution in [-0.2, 0) is 4.79 Å². The lowest BCUT2D eigenvalue weighted by Crippen LogP contribution is -2.45. The number of carbonyl (C=O) groups is 1. The average Bonchev–Trinajstić information content (AvgIpc) is 2.85. The second kappa shape index (κ2) is 5.33. The van der Waals surface area contributed by atoms with Gasteiger partial charge in [0.1, 0.15) is 0 Å². The maximum Gasteiger partial charge on any atom is 0.234 e. The minimum atomic E-state index is -0.327. The molecule has 1 aliphatic carbocycles. The second-order valence-electron chi connectivity index (χ2n) is 5.90. The number of amides is 1. The minimum absolute atomic E-state index is 0.178. The van der Waals surface area contributed by atoms with Crippen LogP contribution in [0.5, 0.6) is 0 Å². The zero-order valence-corrected chi connectivity index (χ0v) is 12.2. The van der Waals surface area contributed by atoms with Crippen molar-refractivity contribution in [2.24, 2.45) is 11.1 Å². The summed E-state index contributed by atoms with van der Waals surface area (Å²) in [6.45, 7) is 4.58. The fraction of sp³-hybridized carbons (Fsp3) is 0.562. The maximum absolute atomic E-state index is 12.8. The van der Waals surface area contributed by atoms with Crippen LogP contribution in [-0.4, -0.2) is 19.5 Å². The summed E-state index contributed by atoms with van der Waals surface area (Å²) in [6.07, 6.45) is 4.09. The van der Waals surface area contributed by atoms with E-state index in [2.05, 4.69) is 32.0 Å². The summed E-state index contributed by atoms with van der Waals surface area (Å²) in [7, 11) is 1.87. The summed E-state index contributed by atoms with van der Waals surface area (Å²) in [5.41, 5.74) is 8.91. The number of nitrogens with zero attached hydrogens (tertiary/aromatic N) is 1.